The van der Waals surface area contributed by atoms with E-state index in [1.807, 2.05) is 0 Å². The number of rotatable bonds is 2. The zero-order chi connectivity index (χ0) is 11.0. The maximum Gasteiger partial charge on any atom is 0.309 e. The van der Waals surface area contributed by atoms with Gasteiger partial charge in [0.2, 0.25) is 5.95 Å². The monoisotopic (exact) mass is 225 g/mol. The summed E-state index contributed by atoms with van der Waals surface area (Å²) >= 11 is 4.05. The van der Waals surface area contributed by atoms with Crippen LogP contribution in [0.15, 0.2) is 6.33 Å². The van der Waals surface area contributed by atoms with Crippen LogP contribution < -0.4 is 5.73 Å². The fraction of sp³-hybridized carbons (Fsp3) is 0.143. The van der Waals surface area contributed by atoms with Crippen molar-refractivity contribution in [3.8, 4) is 0 Å². The number of aliphatic carboxylic acids is 1. The number of nitrogen functional groups attached to an aromatic ring is 1. The van der Waals surface area contributed by atoms with E-state index in [9.17, 15) is 4.79 Å². The van der Waals surface area contributed by atoms with Crippen LogP contribution in [0, 0.1) is 0 Å². The van der Waals surface area contributed by atoms with E-state index in [1.54, 1.807) is 0 Å². The molecule has 0 fully saturated rings. The minimum absolute atomic E-state index is 0.00884. The van der Waals surface area contributed by atoms with Gasteiger partial charge in [0.15, 0.2) is 5.65 Å². The molecule has 8 heteroatoms. The number of carboxylic acids is 1. The number of carboxylic acid groups (broad SMARTS) is 1. The number of hydrogen-bond donors (Lipinski definition) is 3. The zero-order valence-electron chi connectivity index (χ0n) is 7.45. The van der Waals surface area contributed by atoms with E-state index in [-0.39, 0.29) is 18.1 Å². The fourth-order valence-electron chi connectivity index (χ4n) is 1.23. The average molecular weight is 225 g/mol. The molecular weight excluding hydrogens is 218 g/mol. The van der Waals surface area contributed by atoms with Gasteiger partial charge < -0.3 is 10.8 Å². The molecule has 15 heavy (non-hydrogen) atoms. The van der Waals surface area contributed by atoms with Gasteiger partial charge in [-0.3, -0.25) is 8.77 Å². The van der Waals surface area contributed by atoms with Crippen LogP contribution >= 0.6 is 12.8 Å². The summed E-state index contributed by atoms with van der Waals surface area (Å²) in [4.78, 5) is 22.3. The molecule has 0 aliphatic heterocycles. The lowest BCUT2D eigenvalue weighted by Gasteiger charge is -1.99. The summed E-state index contributed by atoms with van der Waals surface area (Å²) in [6.45, 7) is 0. The van der Waals surface area contributed by atoms with Crippen LogP contribution in [0.2, 0.25) is 0 Å². The molecule has 0 aromatic carbocycles. The smallest absolute Gasteiger partial charge is 0.309 e. The molecule has 0 aliphatic carbocycles. The Morgan fingerprint density at radius 2 is 2.33 bits per heavy atom. The first-order chi connectivity index (χ1) is 7.08. The highest BCUT2D eigenvalue weighted by atomic mass is 32.1. The Kier molecular flexibility index (Phi) is 2.19. The normalized spacial score (nSPS) is 10.7. The SMILES string of the molecule is Nc1nc(CC(=O)O)c2ncn(S)c2n1. The molecule has 2 heterocycles. The van der Waals surface area contributed by atoms with Gasteiger partial charge in [-0.15, -0.1) is 0 Å². The van der Waals surface area contributed by atoms with Gasteiger partial charge in [0.1, 0.15) is 11.8 Å². The Morgan fingerprint density at radius 1 is 1.60 bits per heavy atom. The average Bonchev–Trinajstić information content (AvgIpc) is 2.47. The minimum Gasteiger partial charge on any atom is -0.481 e. The third-order valence-corrected chi connectivity index (χ3v) is 2.08. The molecule has 0 amide bonds. The number of hydrogen-bond acceptors (Lipinski definition) is 6. The third-order valence-electron chi connectivity index (χ3n) is 1.79. The molecule has 0 aliphatic rings. The van der Waals surface area contributed by atoms with Crippen LogP contribution in [0.4, 0.5) is 5.95 Å². The second-order valence-electron chi connectivity index (χ2n) is 2.86. The van der Waals surface area contributed by atoms with E-state index < -0.39 is 5.97 Å². The maximum absolute atomic E-state index is 10.6. The number of nitrogens with two attached hydrogens (primary N) is 1. The highest BCUT2D eigenvalue weighted by Crippen LogP contribution is 2.16. The molecule has 78 valence electrons. The quantitative estimate of drug-likeness (QED) is 0.607. The maximum atomic E-state index is 10.6. The largest absolute Gasteiger partial charge is 0.481 e. The Hall–Kier alpha value is -1.83. The van der Waals surface area contributed by atoms with Crippen LogP contribution in [-0.4, -0.2) is 30.0 Å². The molecule has 0 spiro atoms. The highest BCUT2D eigenvalue weighted by Gasteiger charge is 2.13. The second kappa shape index (κ2) is 3.39. The molecule has 2 aromatic rings. The Balaban J connectivity index is 2.66. The molecule has 0 saturated heterocycles. The topological polar surface area (TPSA) is 107 Å². The van der Waals surface area contributed by atoms with Gasteiger partial charge in [0.05, 0.1) is 12.1 Å². The third kappa shape index (κ3) is 1.71. The number of fused-ring (bicyclic) bond motifs is 1. The Morgan fingerprint density at radius 3 is 3.00 bits per heavy atom. The van der Waals surface area contributed by atoms with Crippen LogP contribution in [0.3, 0.4) is 0 Å². The van der Waals surface area contributed by atoms with Crippen molar-refractivity contribution in [1.82, 2.24) is 18.9 Å². The van der Waals surface area contributed by atoms with Gasteiger partial charge >= 0.3 is 5.97 Å². The van der Waals surface area contributed by atoms with Gasteiger partial charge in [-0.2, -0.15) is 4.98 Å². The zero-order valence-corrected chi connectivity index (χ0v) is 8.35. The molecular formula is C7H7N5O2S. The van der Waals surface area contributed by atoms with E-state index in [2.05, 4.69) is 27.8 Å². The summed E-state index contributed by atoms with van der Waals surface area (Å²) in [6, 6.07) is 0. The predicted molar refractivity (Wildman–Crippen MR) is 55.5 cm³/mol. The van der Waals surface area contributed by atoms with Gasteiger partial charge in [-0.25, -0.2) is 9.97 Å². The van der Waals surface area contributed by atoms with E-state index >= 15 is 0 Å². The van der Waals surface area contributed by atoms with Gasteiger partial charge in [0.25, 0.3) is 0 Å². The lowest BCUT2D eigenvalue weighted by atomic mass is 10.3. The number of thiol groups is 1. The predicted octanol–water partition coefficient (Wildman–Crippen LogP) is -0.272. The minimum atomic E-state index is -0.997. The molecule has 0 saturated carbocycles. The summed E-state index contributed by atoms with van der Waals surface area (Å²) in [7, 11) is 0. The molecule has 2 aromatic heterocycles. The van der Waals surface area contributed by atoms with E-state index in [4.69, 9.17) is 10.8 Å². The van der Waals surface area contributed by atoms with Crippen molar-refractivity contribution in [3.63, 3.8) is 0 Å². The van der Waals surface area contributed by atoms with Crippen LogP contribution in [0.5, 0.6) is 0 Å². The summed E-state index contributed by atoms with van der Waals surface area (Å²) in [5.41, 5.74) is 6.54. The molecule has 0 unspecified atom stereocenters. The fourth-order valence-corrected chi connectivity index (χ4v) is 1.42. The number of anilines is 1. The molecule has 0 atom stereocenters. The standard InChI is InChI=1S/C7H7N5O2S/c8-7-10-3(1-4(13)14)5-6(11-7)12(15)2-9-5/h2,15H,1H2,(H,13,14)(H2,8,10,11). The van der Waals surface area contributed by atoms with Crippen molar-refractivity contribution < 1.29 is 9.90 Å². The molecule has 0 radical (unpaired) electrons. The van der Waals surface area contributed by atoms with Gasteiger partial charge in [-0.05, 0) is 0 Å². The van der Waals surface area contributed by atoms with Crippen LogP contribution in [-0.2, 0) is 11.2 Å². The van der Waals surface area contributed by atoms with Crippen LogP contribution in [0.25, 0.3) is 11.2 Å². The molecule has 3 N–H and O–H groups in total. The van der Waals surface area contributed by atoms with E-state index in [0.717, 1.165) is 0 Å². The first-order valence-corrected chi connectivity index (χ1v) is 4.38. The van der Waals surface area contributed by atoms with Crippen molar-refractivity contribution in [2.45, 2.75) is 6.42 Å². The number of aromatic nitrogens is 4. The summed E-state index contributed by atoms with van der Waals surface area (Å²) in [5.74, 6) is -0.988. The second-order valence-corrected chi connectivity index (χ2v) is 3.29. The summed E-state index contributed by atoms with van der Waals surface area (Å²) in [5, 5.41) is 8.67. The molecule has 7 nitrogen and oxygen atoms in total. The van der Waals surface area contributed by atoms with Crippen molar-refractivity contribution in [1.29, 1.82) is 0 Å². The number of imidazole rings is 1. The lowest BCUT2D eigenvalue weighted by Crippen LogP contribution is -2.06. The van der Waals surface area contributed by atoms with Gasteiger partial charge in [-0.1, -0.05) is 12.8 Å². The summed E-state index contributed by atoms with van der Waals surface area (Å²) in [6.07, 6.45) is 1.17. The van der Waals surface area contributed by atoms with E-state index in [1.165, 1.54) is 10.3 Å². The first-order valence-electron chi connectivity index (χ1n) is 3.98. The number of carbonyl (C=O) groups is 1. The first kappa shape index (κ1) is 9.71. The lowest BCUT2D eigenvalue weighted by molar-refractivity contribution is -0.136. The highest BCUT2D eigenvalue weighted by molar-refractivity contribution is 7.78. The Labute approximate surface area is 89.5 Å². The van der Waals surface area contributed by atoms with Gasteiger partial charge in [0, 0.05) is 0 Å². The summed E-state index contributed by atoms with van der Waals surface area (Å²) < 4.78 is 1.36. The number of nitrogens with zero attached hydrogens (tertiary/aromatic N) is 4. The molecule has 0 bridgehead atoms. The van der Waals surface area contributed by atoms with Crippen molar-refractivity contribution in [3.05, 3.63) is 12.0 Å². The Bertz CT molecular complexity index is 537. The van der Waals surface area contributed by atoms with Crippen molar-refractivity contribution in [2.75, 3.05) is 5.73 Å². The van der Waals surface area contributed by atoms with Crippen molar-refractivity contribution in [2.24, 2.45) is 0 Å². The van der Waals surface area contributed by atoms with Crippen LogP contribution in [0.1, 0.15) is 5.69 Å². The van der Waals surface area contributed by atoms with E-state index in [0.29, 0.717) is 11.2 Å². The van der Waals surface area contributed by atoms with Crippen molar-refractivity contribution >= 4 is 35.9 Å². The molecule has 2 rings (SSSR count).